The van der Waals surface area contributed by atoms with Gasteiger partial charge in [0.05, 0.1) is 11.5 Å². The quantitative estimate of drug-likeness (QED) is 0.290. The smallest absolute Gasteiger partial charge is 0.230 e. The fourth-order valence-electron chi connectivity index (χ4n) is 1.90. The number of amides is 1. The van der Waals surface area contributed by atoms with Crippen LogP contribution in [0.3, 0.4) is 0 Å². The molecule has 0 spiro atoms. The van der Waals surface area contributed by atoms with Crippen molar-refractivity contribution in [1.82, 2.24) is 5.32 Å². The Labute approximate surface area is 101 Å². The fraction of sp³-hybridized carbons (Fsp3) is 0.818. The Morgan fingerprint density at radius 2 is 2.29 bits per heavy atom. The number of hydrogen-bond acceptors (Lipinski definition) is 4. The number of nitrogens with one attached hydrogen (secondary N) is 1. The summed E-state index contributed by atoms with van der Waals surface area (Å²) in [7, 11) is 0. The lowest BCUT2D eigenvalue weighted by Gasteiger charge is -2.36. The standard InChI is InChI=1S/C11H21N3O3/c1-7(9(12)14-16)10(15)13-8-4-5-17-11(2,3)6-8/h7-8,16H,4-6H2,1-3H3,(H2,12,14)(H,13,15). The summed E-state index contributed by atoms with van der Waals surface area (Å²) in [6.07, 6.45) is 1.56. The maximum Gasteiger partial charge on any atom is 0.230 e. The van der Waals surface area contributed by atoms with Gasteiger partial charge in [0, 0.05) is 12.6 Å². The Morgan fingerprint density at radius 3 is 2.82 bits per heavy atom. The van der Waals surface area contributed by atoms with Gasteiger partial charge in [-0.05, 0) is 33.6 Å². The van der Waals surface area contributed by atoms with E-state index in [9.17, 15) is 4.79 Å². The average Bonchev–Trinajstić information content (AvgIpc) is 2.25. The zero-order valence-corrected chi connectivity index (χ0v) is 10.6. The Balaban J connectivity index is 2.51. The average molecular weight is 243 g/mol. The summed E-state index contributed by atoms with van der Waals surface area (Å²) in [5.41, 5.74) is 5.18. The van der Waals surface area contributed by atoms with Crippen LogP contribution < -0.4 is 11.1 Å². The molecule has 0 aromatic carbocycles. The Bertz CT molecular complexity index is 315. The predicted octanol–water partition coefficient (Wildman–Crippen LogP) is 0.443. The number of nitrogens with zero attached hydrogens (tertiary/aromatic N) is 1. The van der Waals surface area contributed by atoms with Crippen LogP contribution in [0, 0.1) is 5.92 Å². The van der Waals surface area contributed by atoms with Crippen LogP contribution in [-0.2, 0) is 9.53 Å². The lowest BCUT2D eigenvalue weighted by atomic mass is 9.93. The number of oxime groups is 1. The van der Waals surface area contributed by atoms with Crippen molar-refractivity contribution in [3.05, 3.63) is 0 Å². The maximum atomic E-state index is 11.8. The number of ether oxygens (including phenoxy) is 1. The minimum Gasteiger partial charge on any atom is -0.409 e. The summed E-state index contributed by atoms with van der Waals surface area (Å²) in [6, 6.07) is 0.0835. The molecule has 98 valence electrons. The van der Waals surface area contributed by atoms with Crippen LogP contribution in [0.2, 0.25) is 0 Å². The second kappa shape index (κ2) is 5.35. The Morgan fingerprint density at radius 1 is 1.65 bits per heavy atom. The van der Waals surface area contributed by atoms with Crippen molar-refractivity contribution in [3.8, 4) is 0 Å². The lowest BCUT2D eigenvalue weighted by molar-refractivity contribution is -0.125. The van der Waals surface area contributed by atoms with E-state index < -0.39 is 5.92 Å². The van der Waals surface area contributed by atoms with Crippen molar-refractivity contribution < 1.29 is 14.7 Å². The molecule has 1 heterocycles. The van der Waals surface area contributed by atoms with Gasteiger partial charge < -0.3 is 21.0 Å². The molecular formula is C11H21N3O3. The van der Waals surface area contributed by atoms with Crippen LogP contribution in [0.5, 0.6) is 0 Å². The largest absolute Gasteiger partial charge is 0.409 e. The third-order valence-corrected chi connectivity index (χ3v) is 3.00. The summed E-state index contributed by atoms with van der Waals surface area (Å²) >= 11 is 0. The summed E-state index contributed by atoms with van der Waals surface area (Å²) in [6.45, 7) is 6.24. The van der Waals surface area contributed by atoms with Gasteiger partial charge >= 0.3 is 0 Å². The van der Waals surface area contributed by atoms with Crippen LogP contribution >= 0.6 is 0 Å². The molecule has 0 aliphatic carbocycles. The van der Waals surface area contributed by atoms with Gasteiger partial charge in [-0.3, -0.25) is 4.79 Å². The van der Waals surface area contributed by atoms with Gasteiger partial charge in [0.25, 0.3) is 0 Å². The van der Waals surface area contributed by atoms with E-state index in [1.54, 1.807) is 6.92 Å². The van der Waals surface area contributed by atoms with Crippen LogP contribution in [-0.4, -0.2) is 35.2 Å². The molecule has 1 aliphatic heterocycles. The van der Waals surface area contributed by atoms with Gasteiger partial charge in [-0.1, -0.05) is 5.16 Å². The molecule has 2 unspecified atom stereocenters. The summed E-state index contributed by atoms with van der Waals surface area (Å²) in [5, 5.41) is 14.2. The number of amidine groups is 1. The summed E-state index contributed by atoms with van der Waals surface area (Å²) in [5.74, 6) is -0.914. The molecule has 0 aromatic rings. The number of carbonyl (C=O) groups is 1. The van der Waals surface area contributed by atoms with Gasteiger partial charge in [-0.2, -0.15) is 0 Å². The van der Waals surface area contributed by atoms with E-state index in [2.05, 4.69) is 10.5 Å². The van der Waals surface area contributed by atoms with Gasteiger partial charge in [0.15, 0.2) is 5.84 Å². The molecule has 1 amide bonds. The van der Waals surface area contributed by atoms with Crippen molar-refractivity contribution in [2.24, 2.45) is 16.8 Å². The van der Waals surface area contributed by atoms with Crippen molar-refractivity contribution in [2.75, 3.05) is 6.61 Å². The number of carbonyl (C=O) groups excluding carboxylic acids is 1. The number of hydrogen-bond donors (Lipinski definition) is 3. The highest BCUT2D eigenvalue weighted by Gasteiger charge is 2.30. The minimum absolute atomic E-state index is 0.0752. The predicted molar refractivity (Wildman–Crippen MR) is 63.8 cm³/mol. The van der Waals surface area contributed by atoms with E-state index in [-0.39, 0.29) is 23.4 Å². The highest BCUT2D eigenvalue weighted by Crippen LogP contribution is 2.24. The van der Waals surface area contributed by atoms with Crippen molar-refractivity contribution in [1.29, 1.82) is 0 Å². The normalized spacial score (nSPS) is 26.3. The highest BCUT2D eigenvalue weighted by atomic mass is 16.5. The SMILES string of the molecule is CC(C(=O)NC1CCOC(C)(C)C1)C(N)=NO. The van der Waals surface area contributed by atoms with Crippen LogP contribution in [0.15, 0.2) is 5.16 Å². The van der Waals surface area contributed by atoms with Crippen LogP contribution in [0.25, 0.3) is 0 Å². The molecule has 1 fully saturated rings. The first-order chi connectivity index (χ1) is 7.85. The zero-order chi connectivity index (χ0) is 13.1. The second-order valence-electron chi connectivity index (χ2n) is 5.05. The van der Waals surface area contributed by atoms with Crippen molar-refractivity contribution in [2.45, 2.75) is 45.3 Å². The van der Waals surface area contributed by atoms with Gasteiger partial charge in [-0.15, -0.1) is 0 Å². The molecule has 0 radical (unpaired) electrons. The molecule has 6 nitrogen and oxygen atoms in total. The Hall–Kier alpha value is -1.30. The first-order valence-corrected chi connectivity index (χ1v) is 5.77. The molecule has 2 atom stereocenters. The van der Waals surface area contributed by atoms with E-state index >= 15 is 0 Å². The minimum atomic E-state index is -0.619. The summed E-state index contributed by atoms with van der Waals surface area (Å²) in [4.78, 5) is 11.8. The van der Waals surface area contributed by atoms with Crippen molar-refractivity contribution >= 4 is 11.7 Å². The topological polar surface area (TPSA) is 96.9 Å². The van der Waals surface area contributed by atoms with Crippen LogP contribution in [0.4, 0.5) is 0 Å². The Kier molecular flexibility index (Phi) is 4.34. The third-order valence-electron chi connectivity index (χ3n) is 3.00. The van der Waals surface area contributed by atoms with Gasteiger partial charge in [-0.25, -0.2) is 0 Å². The molecule has 1 aliphatic rings. The molecule has 6 heteroatoms. The van der Waals surface area contributed by atoms with Gasteiger partial charge in [0.1, 0.15) is 0 Å². The van der Waals surface area contributed by atoms with E-state index in [0.717, 1.165) is 12.8 Å². The molecule has 17 heavy (non-hydrogen) atoms. The molecule has 0 bridgehead atoms. The number of nitrogens with two attached hydrogens (primary N) is 1. The molecule has 0 saturated carbocycles. The van der Waals surface area contributed by atoms with E-state index in [1.807, 2.05) is 13.8 Å². The molecule has 1 saturated heterocycles. The van der Waals surface area contributed by atoms with E-state index in [1.165, 1.54) is 0 Å². The first-order valence-electron chi connectivity index (χ1n) is 5.77. The fourth-order valence-corrected chi connectivity index (χ4v) is 1.90. The molecule has 4 N–H and O–H groups in total. The molecule has 0 aromatic heterocycles. The highest BCUT2D eigenvalue weighted by molar-refractivity contribution is 6.01. The van der Waals surface area contributed by atoms with E-state index in [0.29, 0.717) is 6.61 Å². The number of rotatable bonds is 3. The molecular weight excluding hydrogens is 222 g/mol. The summed E-state index contributed by atoms with van der Waals surface area (Å²) < 4.78 is 5.57. The monoisotopic (exact) mass is 243 g/mol. The zero-order valence-electron chi connectivity index (χ0n) is 10.6. The van der Waals surface area contributed by atoms with Crippen LogP contribution in [0.1, 0.15) is 33.6 Å². The van der Waals surface area contributed by atoms with E-state index in [4.69, 9.17) is 15.7 Å². The second-order valence-corrected chi connectivity index (χ2v) is 5.05. The van der Waals surface area contributed by atoms with Crippen molar-refractivity contribution in [3.63, 3.8) is 0 Å². The maximum absolute atomic E-state index is 11.8. The first kappa shape index (κ1) is 13.8. The lowest BCUT2D eigenvalue weighted by Crippen LogP contribution is -2.48. The third kappa shape index (κ3) is 3.89. The molecule has 1 rings (SSSR count). The van der Waals surface area contributed by atoms with Gasteiger partial charge in [0.2, 0.25) is 5.91 Å².